The molecule has 0 amide bonds. The molecule has 0 saturated heterocycles. The Kier molecular flexibility index (Phi) is 2.65. The Balaban J connectivity index is 2.39. The quantitative estimate of drug-likeness (QED) is 0.861. The van der Waals surface area contributed by atoms with E-state index in [-0.39, 0.29) is 0 Å². The number of aromatic nitrogens is 2. The van der Waals surface area contributed by atoms with E-state index in [4.69, 9.17) is 5.73 Å². The molecule has 0 aliphatic carbocycles. The number of nitrogens with zero attached hydrogens (tertiary/aromatic N) is 1. The fraction of sp³-hybridized carbons (Fsp3) is 0.100. The summed E-state index contributed by atoms with van der Waals surface area (Å²) in [6, 6.07) is 9.97. The molecule has 0 fully saturated rings. The number of H-pyrrole nitrogens is 1. The monoisotopic (exact) mass is 251 g/mol. The number of halogens is 1. The topological polar surface area (TPSA) is 54.7 Å². The summed E-state index contributed by atoms with van der Waals surface area (Å²) in [5.41, 5.74) is 8.44. The van der Waals surface area contributed by atoms with Crippen LogP contribution in [0.1, 0.15) is 5.69 Å². The Morgan fingerprint density at radius 2 is 2.21 bits per heavy atom. The van der Waals surface area contributed by atoms with Crippen LogP contribution >= 0.6 is 15.9 Å². The summed E-state index contributed by atoms with van der Waals surface area (Å²) in [7, 11) is 0. The normalized spacial score (nSPS) is 10.4. The number of rotatable bonds is 2. The van der Waals surface area contributed by atoms with E-state index in [1.165, 1.54) is 0 Å². The number of hydrogen-bond donors (Lipinski definition) is 2. The molecule has 1 heterocycles. The van der Waals surface area contributed by atoms with E-state index in [2.05, 4.69) is 26.1 Å². The summed E-state index contributed by atoms with van der Waals surface area (Å²) in [6.45, 7) is 0.487. The Labute approximate surface area is 90.5 Å². The maximum absolute atomic E-state index is 5.49. The summed E-state index contributed by atoms with van der Waals surface area (Å²) < 4.78 is 1.05. The van der Waals surface area contributed by atoms with E-state index in [1.807, 2.05) is 30.3 Å². The van der Waals surface area contributed by atoms with Crippen LogP contribution in [0.3, 0.4) is 0 Å². The van der Waals surface area contributed by atoms with E-state index >= 15 is 0 Å². The zero-order valence-corrected chi connectivity index (χ0v) is 9.08. The lowest BCUT2D eigenvalue weighted by Crippen LogP contribution is -1.95. The average Bonchev–Trinajstić information content (AvgIpc) is 2.66. The van der Waals surface area contributed by atoms with Gasteiger partial charge in [-0.2, -0.15) is 5.10 Å². The number of nitrogens with two attached hydrogens (primary N) is 1. The van der Waals surface area contributed by atoms with Crippen LogP contribution in [-0.4, -0.2) is 10.2 Å². The first-order valence-corrected chi connectivity index (χ1v) is 5.09. The van der Waals surface area contributed by atoms with Crippen molar-refractivity contribution >= 4 is 15.9 Å². The Bertz CT molecular complexity index is 436. The highest BCUT2D eigenvalue weighted by molar-refractivity contribution is 9.10. The second-order valence-electron chi connectivity index (χ2n) is 2.99. The molecule has 0 aliphatic rings. The molecule has 0 saturated carbocycles. The van der Waals surface area contributed by atoms with Crippen molar-refractivity contribution in [3.8, 4) is 11.3 Å². The first kappa shape index (κ1) is 9.43. The lowest BCUT2D eigenvalue weighted by molar-refractivity contribution is 0.948. The molecule has 0 bridgehead atoms. The molecular weight excluding hydrogens is 242 g/mol. The van der Waals surface area contributed by atoms with Gasteiger partial charge in [0.05, 0.1) is 5.69 Å². The van der Waals surface area contributed by atoms with Crippen molar-refractivity contribution in [3.05, 3.63) is 40.5 Å². The number of hydrogen-bond acceptors (Lipinski definition) is 2. The average molecular weight is 252 g/mol. The van der Waals surface area contributed by atoms with E-state index in [1.54, 1.807) is 0 Å². The summed E-state index contributed by atoms with van der Waals surface area (Å²) in [5, 5.41) is 7.06. The fourth-order valence-corrected chi connectivity index (χ4v) is 1.66. The molecule has 1 aromatic heterocycles. The zero-order chi connectivity index (χ0) is 9.97. The van der Waals surface area contributed by atoms with E-state index in [0.717, 1.165) is 21.4 Å². The van der Waals surface area contributed by atoms with Crippen molar-refractivity contribution in [2.45, 2.75) is 6.54 Å². The van der Waals surface area contributed by atoms with E-state index < -0.39 is 0 Å². The van der Waals surface area contributed by atoms with E-state index in [9.17, 15) is 0 Å². The molecule has 4 heteroatoms. The van der Waals surface area contributed by atoms with Gasteiger partial charge in [0.25, 0.3) is 0 Å². The van der Waals surface area contributed by atoms with Crippen LogP contribution in [0.25, 0.3) is 11.3 Å². The molecule has 3 N–H and O–H groups in total. The largest absolute Gasteiger partial charge is 0.325 e. The zero-order valence-electron chi connectivity index (χ0n) is 7.50. The summed E-state index contributed by atoms with van der Waals surface area (Å²) in [6.07, 6.45) is 0. The maximum Gasteiger partial charge on any atom is 0.0924 e. The predicted molar refractivity (Wildman–Crippen MR) is 59.6 cm³/mol. The Morgan fingerprint density at radius 3 is 2.86 bits per heavy atom. The minimum Gasteiger partial charge on any atom is -0.325 e. The van der Waals surface area contributed by atoms with Crippen LogP contribution in [-0.2, 0) is 6.54 Å². The standard InChI is InChI=1S/C10H10BrN3/c11-8-3-1-2-7(4-8)10-5-9(6-12)13-14-10/h1-5H,6,12H2,(H,13,14). The van der Waals surface area contributed by atoms with Gasteiger partial charge < -0.3 is 5.73 Å². The van der Waals surface area contributed by atoms with Gasteiger partial charge in [0, 0.05) is 22.3 Å². The third kappa shape index (κ3) is 1.86. The molecular formula is C10H10BrN3. The van der Waals surface area contributed by atoms with Gasteiger partial charge in [-0.1, -0.05) is 28.1 Å². The highest BCUT2D eigenvalue weighted by Crippen LogP contribution is 2.21. The minimum absolute atomic E-state index is 0.487. The highest BCUT2D eigenvalue weighted by Gasteiger charge is 2.02. The first-order valence-electron chi connectivity index (χ1n) is 4.30. The van der Waals surface area contributed by atoms with Gasteiger partial charge in [-0.05, 0) is 18.2 Å². The highest BCUT2D eigenvalue weighted by atomic mass is 79.9. The van der Waals surface area contributed by atoms with Gasteiger partial charge in [-0.15, -0.1) is 0 Å². The molecule has 14 heavy (non-hydrogen) atoms. The minimum atomic E-state index is 0.487. The lowest BCUT2D eigenvalue weighted by Gasteiger charge is -1.95. The summed E-state index contributed by atoms with van der Waals surface area (Å²) in [4.78, 5) is 0. The van der Waals surface area contributed by atoms with Crippen molar-refractivity contribution in [2.75, 3.05) is 0 Å². The van der Waals surface area contributed by atoms with Gasteiger partial charge >= 0.3 is 0 Å². The lowest BCUT2D eigenvalue weighted by atomic mass is 10.1. The van der Waals surface area contributed by atoms with Crippen molar-refractivity contribution in [1.82, 2.24) is 10.2 Å². The molecule has 0 unspecified atom stereocenters. The third-order valence-electron chi connectivity index (χ3n) is 1.97. The van der Waals surface area contributed by atoms with Crippen LogP contribution in [0.15, 0.2) is 34.8 Å². The predicted octanol–water partition coefficient (Wildman–Crippen LogP) is 2.30. The Hall–Kier alpha value is -1.13. The molecule has 0 atom stereocenters. The van der Waals surface area contributed by atoms with Crippen molar-refractivity contribution in [3.63, 3.8) is 0 Å². The molecule has 3 nitrogen and oxygen atoms in total. The van der Waals surface area contributed by atoms with E-state index in [0.29, 0.717) is 6.54 Å². The second kappa shape index (κ2) is 3.94. The molecule has 0 radical (unpaired) electrons. The van der Waals surface area contributed by atoms with Gasteiger partial charge in [0.1, 0.15) is 0 Å². The van der Waals surface area contributed by atoms with Crippen LogP contribution in [0.2, 0.25) is 0 Å². The van der Waals surface area contributed by atoms with Crippen LogP contribution in [0.5, 0.6) is 0 Å². The van der Waals surface area contributed by atoms with Gasteiger partial charge in [-0.3, -0.25) is 5.10 Å². The number of aromatic amines is 1. The molecule has 2 rings (SSSR count). The van der Waals surface area contributed by atoms with Crippen LogP contribution in [0.4, 0.5) is 0 Å². The fourth-order valence-electron chi connectivity index (χ4n) is 1.26. The van der Waals surface area contributed by atoms with Crippen molar-refractivity contribution in [2.24, 2.45) is 5.73 Å². The molecule has 1 aromatic carbocycles. The van der Waals surface area contributed by atoms with Gasteiger partial charge in [0.15, 0.2) is 0 Å². The van der Waals surface area contributed by atoms with Gasteiger partial charge in [0.2, 0.25) is 0 Å². The molecule has 0 spiro atoms. The molecule has 0 aliphatic heterocycles. The van der Waals surface area contributed by atoms with Crippen molar-refractivity contribution < 1.29 is 0 Å². The molecule has 2 aromatic rings. The molecule has 72 valence electrons. The number of nitrogens with one attached hydrogen (secondary N) is 1. The summed E-state index contributed by atoms with van der Waals surface area (Å²) >= 11 is 3.42. The van der Waals surface area contributed by atoms with Crippen molar-refractivity contribution in [1.29, 1.82) is 0 Å². The third-order valence-corrected chi connectivity index (χ3v) is 2.46. The summed E-state index contributed by atoms with van der Waals surface area (Å²) in [5.74, 6) is 0. The maximum atomic E-state index is 5.49. The second-order valence-corrected chi connectivity index (χ2v) is 3.91. The van der Waals surface area contributed by atoms with Gasteiger partial charge in [-0.25, -0.2) is 0 Å². The smallest absolute Gasteiger partial charge is 0.0924 e. The van der Waals surface area contributed by atoms with Crippen LogP contribution in [0, 0.1) is 0 Å². The number of benzene rings is 1. The van der Waals surface area contributed by atoms with Crippen LogP contribution < -0.4 is 5.73 Å². The first-order chi connectivity index (χ1) is 6.79. The SMILES string of the molecule is NCc1cc(-c2cccc(Br)c2)n[nH]1. The Morgan fingerprint density at radius 1 is 1.36 bits per heavy atom.